The number of ether oxygens (including phenoxy) is 1. The lowest BCUT2D eigenvalue weighted by Gasteiger charge is -2.23. The van der Waals surface area contributed by atoms with Crippen LogP contribution in [0.15, 0.2) is 12.4 Å². The monoisotopic (exact) mass is 222 g/mol. The maximum atomic E-state index is 5.54. The summed E-state index contributed by atoms with van der Waals surface area (Å²) in [5, 5.41) is 11.6. The van der Waals surface area contributed by atoms with Crippen LogP contribution in [0.4, 0.5) is 0 Å². The number of aromatic nitrogens is 3. The van der Waals surface area contributed by atoms with Crippen molar-refractivity contribution < 1.29 is 4.74 Å². The lowest BCUT2D eigenvalue weighted by atomic mass is 10.1. The predicted octanol–water partition coefficient (Wildman–Crippen LogP) is 0.606. The molecule has 1 N–H and O–H groups in total. The third-order valence-electron chi connectivity index (χ3n) is 3.64. The predicted molar refractivity (Wildman–Crippen MR) is 59.0 cm³/mol. The first-order valence-corrected chi connectivity index (χ1v) is 6.04. The Morgan fingerprint density at radius 3 is 3.00 bits per heavy atom. The van der Waals surface area contributed by atoms with Gasteiger partial charge in [-0.1, -0.05) is 5.21 Å². The number of hydrogen-bond donors (Lipinski definition) is 1. The highest BCUT2D eigenvalue weighted by molar-refractivity contribution is 4.92. The first-order valence-electron chi connectivity index (χ1n) is 6.04. The zero-order chi connectivity index (χ0) is 11.0. The van der Waals surface area contributed by atoms with Gasteiger partial charge in [0.15, 0.2) is 0 Å². The molecule has 5 nitrogen and oxygen atoms in total. The number of nitrogens with one attached hydrogen (secondary N) is 1. The second-order valence-electron chi connectivity index (χ2n) is 4.89. The second-order valence-corrected chi connectivity index (χ2v) is 4.89. The average Bonchev–Trinajstić information content (AvgIpc) is 2.81. The van der Waals surface area contributed by atoms with Gasteiger partial charge in [-0.05, 0) is 25.7 Å². The van der Waals surface area contributed by atoms with Gasteiger partial charge in [-0.2, -0.15) is 0 Å². The van der Waals surface area contributed by atoms with E-state index in [1.807, 2.05) is 10.9 Å². The van der Waals surface area contributed by atoms with Crippen LogP contribution in [0.1, 0.15) is 25.8 Å². The molecule has 0 radical (unpaired) electrons. The fraction of sp³-hybridized carbons (Fsp3) is 0.818. The molecule has 2 aliphatic rings. The van der Waals surface area contributed by atoms with Crippen LogP contribution in [-0.4, -0.2) is 40.3 Å². The van der Waals surface area contributed by atoms with Gasteiger partial charge in [-0.3, -0.25) is 0 Å². The Morgan fingerprint density at radius 2 is 2.31 bits per heavy atom. The van der Waals surface area contributed by atoms with Gasteiger partial charge < -0.3 is 10.1 Å². The quantitative estimate of drug-likeness (QED) is 0.811. The smallest absolute Gasteiger partial charge is 0.0945 e. The first-order chi connectivity index (χ1) is 7.84. The van der Waals surface area contributed by atoms with E-state index in [1.54, 1.807) is 6.20 Å². The van der Waals surface area contributed by atoms with Crippen molar-refractivity contribution in [1.82, 2.24) is 20.3 Å². The maximum absolute atomic E-state index is 5.54. The Kier molecular flexibility index (Phi) is 2.65. The number of nitrogens with zero attached hydrogens (tertiary/aromatic N) is 3. The standard InChI is InChI=1S/C11H18N4O/c1-8(9-2-3-9)13-10-6-16-7-11(10)15-5-4-12-14-15/h4-5,8-11,13H,2-3,6-7H2,1H3/t8?,10-,11+/m0/s1. The maximum Gasteiger partial charge on any atom is 0.0945 e. The molecule has 1 saturated heterocycles. The van der Waals surface area contributed by atoms with E-state index >= 15 is 0 Å². The minimum Gasteiger partial charge on any atom is -0.377 e. The molecule has 2 heterocycles. The summed E-state index contributed by atoms with van der Waals surface area (Å²) < 4.78 is 7.45. The van der Waals surface area contributed by atoms with E-state index in [1.165, 1.54) is 12.8 Å². The van der Waals surface area contributed by atoms with Gasteiger partial charge in [0, 0.05) is 12.2 Å². The highest BCUT2D eigenvalue weighted by Crippen LogP contribution is 2.33. The van der Waals surface area contributed by atoms with E-state index in [-0.39, 0.29) is 0 Å². The molecule has 0 aromatic carbocycles. The summed E-state index contributed by atoms with van der Waals surface area (Å²) in [6.45, 7) is 3.79. The minimum absolute atomic E-state index is 0.295. The number of hydrogen-bond acceptors (Lipinski definition) is 4. The molecule has 3 atom stereocenters. The van der Waals surface area contributed by atoms with Crippen molar-refractivity contribution in [3.63, 3.8) is 0 Å². The van der Waals surface area contributed by atoms with Crippen LogP contribution < -0.4 is 5.32 Å². The molecule has 2 fully saturated rings. The van der Waals surface area contributed by atoms with Crippen LogP contribution in [0, 0.1) is 5.92 Å². The normalized spacial score (nSPS) is 31.8. The topological polar surface area (TPSA) is 52.0 Å². The van der Waals surface area contributed by atoms with Gasteiger partial charge >= 0.3 is 0 Å². The summed E-state index contributed by atoms with van der Waals surface area (Å²) >= 11 is 0. The van der Waals surface area contributed by atoms with E-state index < -0.39 is 0 Å². The summed E-state index contributed by atoms with van der Waals surface area (Å²) in [6, 6.07) is 1.26. The van der Waals surface area contributed by atoms with Crippen molar-refractivity contribution in [3.05, 3.63) is 12.4 Å². The van der Waals surface area contributed by atoms with Gasteiger partial charge in [0.2, 0.25) is 0 Å². The molecule has 1 aliphatic heterocycles. The van der Waals surface area contributed by atoms with Crippen LogP contribution in [0.25, 0.3) is 0 Å². The summed E-state index contributed by atoms with van der Waals surface area (Å²) in [4.78, 5) is 0. The molecule has 0 bridgehead atoms. The van der Waals surface area contributed by atoms with E-state index in [4.69, 9.17) is 4.74 Å². The molecule has 1 aromatic heterocycles. The largest absolute Gasteiger partial charge is 0.377 e. The van der Waals surface area contributed by atoms with Gasteiger partial charge in [0.25, 0.3) is 0 Å². The van der Waals surface area contributed by atoms with Crippen LogP contribution in [0.5, 0.6) is 0 Å². The molecule has 1 aromatic rings. The average molecular weight is 222 g/mol. The summed E-state index contributed by atoms with van der Waals surface area (Å²) in [7, 11) is 0. The van der Waals surface area contributed by atoms with Crippen molar-refractivity contribution in [2.45, 2.75) is 37.9 Å². The molecule has 88 valence electrons. The second kappa shape index (κ2) is 4.14. The molecular formula is C11H18N4O. The van der Waals surface area contributed by atoms with E-state index in [0.29, 0.717) is 18.1 Å². The van der Waals surface area contributed by atoms with E-state index in [2.05, 4.69) is 22.6 Å². The van der Waals surface area contributed by atoms with Crippen molar-refractivity contribution in [2.75, 3.05) is 13.2 Å². The van der Waals surface area contributed by atoms with Crippen molar-refractivity contribution in [1.29, 1.82) is 0 Å². The molecular weight excluding hydrogens is 204 g/mol. The van der Waals surface area contributed by atoms with E-state index in [9.17, 15) is 0 Å². The lowest BCUT2D eigenvalue weighted by molar-refractivity contribution is 0.180. The lowest BCUT2D eigenvalue weighted by Crippen LogP contribution is -2.43. The molecule has 1 unspecified atom stereocenters. The summed E-state index contributed by atoms with van der Waals surface area (Å²) in [6.07, 6.45) is 6.38. The Bertz CT molecular complexity index is 336. The fourth-order valence-electron chi connectivity index (χ4n) is 2.43. The molecule has 3 rings (SSSR count). The van der Waals surface area contributed by atoms with Crippen LogP contribution >= 0.6 is 0 Å². The highest BCUT2D eigenvalue weighted by Gasteiger charge is 2.35. The van der Waals surface area contributed by atoms with Crippen molar-refractivity contribution >= 4 is 0 Å². The zero-order valence-corrected chi connectivity index (χ0v) is 9.54. The van der Waals surface area contributed by atoms with Crippen LogP contribution in [0.3, 0.4) is 0 Å². The van der Waals surface area contributed by atoms with Gasteiger partial charge in [0.1, 0.15) is 0 Å². The van der Waals surface area contributed by atoms with Gasteiger partial charge in [-0.25, -0.2) is 4.68 Å². The highest BCUT2D eigenvalue weighted by atomic mass is 16.5. The molecule has 1 aliphatic carbocycles. The Labute approximate surface area is 95.2 Å². The minimum atomic E-state index is 0.295. The number of rotatable bonds is 4. The molecule has 0 amide bonds. The SMILES string of the molecule is CC(N[C@H]1COC[C@H]1n1ccnn1)C1CC1. The van der Waals surface area contributed by atoms with Gasteiger partial charge in [0.05, 0.1) is 31.5 Å². The first kappa shape index (κ1) is 10.2. The Balaban J connectivity index is 1.64. The third kappa shape index (κ3) is 1.97. The molecule has 0 spiro atoms. The summed E-state index contributed by atoms with van der Waals surface area (Å²) in [5.74, 6) is 0.872. The van der Waals surface area contributed by atoms with Crippen LogP contribution in [0.2, 0.25) is 0 Å². The van der Waals surface area contributed by atoms with Gasteiger partial charge in [-0.15, -0.1) is 5.10 Å². The fourth-order valence-corrected chi connectivity index (χ4v) is 2.43. The summed E-state index contributed by atoms with van der Waals surface area (Å²) in [5.41, 5.74) is 0. The zero-order valence-electron chi connectivity index (χ0n) is 9.54. The third-order valence-corrected chi connectivity index (χ3v) is 3.64. The molecule has 16 heavy (non-hydrogen) atoms. The van der Waals surface area contributed by atoms with Crippen molar-refractivity contribution in [3.8, 4) is 0 Å². The Hall–Kier alpha value is -0.940. The molecule has 5 heteroatoms. The Morgan fingerprint density at radius 1 is 1.44 bits per heavy atom. The van der Waals surface area contributed by atoms with Crippen LogP contribution in [-0.2, 0) is 4.74 Å². The van der Waals surface area contributed by atoms with Crippen molar-refractivity contribution in [2.24, 2.45) is 5.92 Å². The molecule has 1 saturated carbocycles. The van der Waals surface area contributed by atoms with E-state index in [0.717, 1.165) is 19.1 Å².